The summed E-state index contributed by atoms with van der Waals surface area (Å²) < 4.78 is 0. The minimum Gasteiger partial charge on any atom is -0.350 e. The first-order valence-corrected chi connectivity index (χ1v) is 19.8. The Labute approximate surface area is 332 Å². The van der Waals surface area contributed by atoms with Gasteiger partial charge in [-0.3, -0.25) is 5.32 Å². The molecule has 1 aliphatic carbocycles. The van der Waals surface area contributed by atoms with Gasteiger partial charge in [0.05, 0.1) is 11.2 Å². The van der Waals surface area contributed by atoms with E-state index in [1.807, 2.05) is 0 Å². The molecular weight excluding hydrogens is 693 g/mol. The van der Waals surface area contributed by atoms with Crippen molar-refractivity contribution in [2.75, 3.05) is 0 Å². The highest BCUT2D eigenvalue weighted by molar-refractivity contribution is 6.12. The highest BCUT2D eigenvalue weighted by atomic mass is 15.3. The molecule has 2 N–H and O–H groups in total. The predicted octanol–water partition coefficient (Wildman–Crippen LogP) is 12.5. The molecule has 11 rings (SSSR count). The number of fused-ring (bicyclic) bond motifs is 8. The van der Waals surface area contributed by atoms with Crippen molar-refractivity contribution in [3.05, 3.63) is 210 Å². The first kappa shape index (κ1) is 33.5. The summed E-state index contributed by atoms with van der Waals surface area (Å²) in [5.74, 6) is 0.837. The molecular formula is C53H40N4. The number of amidine groups is 1. The fourth-order valence-corrected chi connectivity index (χ4v) is 9.40. The lowest BCUT2D eigenvalue weighted by atomic mass is 9.80. The summed E-state index contributed by atoms with van der Waals surface area (Å²) >= 11 is 0. The molecule has 2 unspecified atom stereocenters. The van der Waals surface area contributed by atoms with E-state index in [1.165, 1.54) is 44.0 Å². The molecule has 2 atom stereocenters. The monoisotopic (exact) mass is 732 g/mol. The van der Waals surface area contributed by atoms with Gasteiger partial charge in [0.1, 0.15) is 18.2 Å². The third-order valence-corrected chi connectivity index (χ3v) is 12.1. The van der Waals surface area contributed by atoms with Crippen LogP contribution in [0.15, 0.2) is 187 Å². The Kier molecular flexibility index (Phi) is 7.70. The molecule has 4 nitrogen and oxygen atoms in total. The Balaban J connectivity index is 1.18. The van der Waals surface area contributed by atoms with Crippen LogP contribution in [0.1, 0.15) is 54.0 Å². The van der Waals surface area contributed by atoms with E-state index in [1.54, 1.807) is 0 Å². The zero-order chi connectivity index (χ0) is 38.1. The van der Waals surface area contributed by atoms with E-state index in [0.29, 0.717) is 0 Å². The Hall–Kier alpha value is -6.88. The van der Waals surface area contributed by atoms with E-state index in [2.05, 4.69) is 206 Å². The lowest BCUT2D eigenvalue weighted by molar-refractivity contribution is 0.409. The lowest BCUT2D eigenvalue weighted by Gasteiger charge is -2.32. The van der Waals surface area contributed by atoms with Crippen LogP contribution >= 0.6 is 0 Å². The van der Waals surface area contributed by atoms with Crippen molar-refractivity contribution in [2.24, 2.45) is 4.99 Å². The van der Waals surface area contributed by atoms with Gasteiger partial charge in [-0.25, -0.2) is 9.98 Å². The number of hydrogen-bond acceptors (Lipinski definition) is 4. The first-order valence-electron chi connectivity index (χ1n) is 19.8. The Morgan fingerprint density at radius 2 is 1.16 bits per heavy atom. The molecule has 0 bridgehead atoms. The zero-order valence-corrected chi connectivity index (χ0v) is 31.9. The fourth-order valence-electron chi connectivity index (χ4n) is 9.40. The second-order valence-electron chi connectivity index (χ2n) is 15.8. The summed E-state index contributed by atoms with van der Waals surface area (Å²) in [7, 11) is 0. The highest BCUT2D eigenvalue weighted by Gasteiger charge is 2.38. The summed E-state index contributed by atoms with van der Waals surface area (Å²) in [6.07, 6.45) is -0.404. The standard InChI is InChI=1S/C53H40N4/c1-53(2)45-26-15-25-39(47(45)44-29-28-33-16-9-10-21-40(33)48(44)53)36-30-37(49-43-24-12-11-22-41(43)42-23-13-14-27-46(42)54-49)32-38(31-36)52-56-50(34-17-5-3-6-18-34)55-51(57-52)35-19-7-4-8-20-35/h3-32,50-51,55H,1-2H3,(H,56,57). The molecule has 1 aromatic heterocycles. The molecule has 0 radical (unpaired) electrons. The van der Waals surface area contributed by atoms with Crippen molar-refractivity contribution >= 4 is 38.3 Å². The van der Waals surface area contributed by atoms with Gasteiger partial charge < -0.3 is 5.32 Å². The largest absolute Gasteiger partial charge is 0.350 e. The summed E-state index contributed by atoms with van der Waals surface area (Å²) in [6, 6.07) is 65.5. The normalized spacial score (nSPS) is 16.9. The van der Waals surface area contributed by atoms with Gasteiger partial charge >= 0.3 is 0 Å². The van der Waals surface area contributed by atoms with Crippen LogP contribution in [0, 0.1) is 0 Å². The summed E-state index contributed by atoms with van der Waals surface area (Å²) in [6.45, 7) is 4.75. The van der Waals surface area contributed by atoms with E-state index < -0.39 is 0 Å². The van der Waals surface area contributed by atoms with Crippen molar-refractivity contribution in [1.82, 2.24) is 15.6 Å². The molecule has 2 aliphatic rings. The van der Waals surface area contributed by atoms with Crippen LogP contribution in [0.3, 0.4) is 0 Å². The van der Waals surface area contributed by atoms with E-state index in [9.17, 15) is 0 Å². The molecule has 0 fully saturated rings. The van der Waals surface area contributed by atoms with Crippen LogP contribution in [0.25, 0.3) is 66.0 Å². The molecule has 1 aliphatic heterocycles. The predicted molar refractivity (Wildman–Crippen MR) is 236 cm³/mol. The molecule has 9 aromatic rings. The van der Waals surface area contributed by atoms with Gasteiger partial charge in [0, 0.05) is 27.3 Å². The van der Waals surface area contributed by atoms with Gasteiger partial charge in [0.2, 0.25) is 0 Å². The molecule has 8 aromatic carbocycles. The van der Waals surface area contributed by atoms with E-state index in [-0.39, 0.29) is 17.7 Å². The minimum absolute atomic E-state index is 0.155. The van der Waals surface area contributed by atoms with Crippen LogP contribution in [0.5, 0.6) is 0 Å². The molecule has 4 heteroatoms. The smallest absolute Gasteiger partial charge is 0.131 e. The van der Waals surface area contributed by atoms with Crippen molar-refractivity contribution in [1.29, 1.82) is 0 Å². The van der Waals surface area contributed by atoms with Crippen molar-refractivity contribution in [3.8, 4) is 33.5 Å². The molecule has 0 saturated heterocycles. The number of pyridine rings is 1. The maximum Gasteiger partial charge on any atom is 0.131 e. The number of hydrogen-bond donors (Lipinski definition) is 2. The van der Waals surface area contributed by atoms with Gasteiger partial charge in [-0.15, -0.1) is 0 Å². The molecule has 2 heterocycles. The van der Waals surface area contributed by atoms with Crippen LogP contribution in [-0.4, -0.2) is 10.8 Å². The van der Waals surface area contributed by atoms with E-state index in [4.69, 9.17) is 9.98 Å². The maximum atomic E-state index is 5.42. The highest BCUT2D eigenvalue weighted by Crippen LogP contribution is 2.54. The maximum absolute atomic E-state index is 5.42. The quantitative estimate of drug-likeness (QED) is 0.173. The van der Waals surface area contributed by atoms with Gasteiger partial charge in [0.15, 0.2) is 0 Å². The van der Waals surface area contributed by atoms with Gasteiger partial charge in [-0.05, 0) is 84.9 Å². The molecule has 57 heavy (non-hydrogen) atoms. The van der Waals surface area contributed by atoms with E-state index >= 15 is 0 Å². The fraction of sp³-hybridized carbons (Fsp3) is 0.0943. The summed E-state index contributed by atoms with van der Waals surface area (Å²) in [4.78, 5) is 10.8. The van der Waals surface area contributed by atoms with E-state index in [0.717, 1.165) is 55.6 Å². The Bertz CT molecular complexity index is 3060. The number of aromatic nitrogens is 1. The summed E-state index contributed by atoms with van der Waals surface area (Å²) in [5.41, 5.74) is 13.8. The Morgan fingerprint density at radius 1 is 0.509 bits per heavy atom. The number of nitrogens with one attached hydrogen (secondary N) is 2. The minimum atomic E-state index is -0.249. The number of aliphatic imine (C=N–C) groups is 1. The number of benzene rings is 8. The average molecular weight is 733 g/mol. The first-order chi connectivity index (χ1) is 28.0. The SMILES string of the molecule is CC1(C)c2cccc(-c3cc(C4=NC(c5ccccc5)NC(c5ccccc5)N4)cc(-c4nc5ccccc5c5ccccc45)c3)c2-c2ccc3ccccc3c21. The third-order valence-electron chi connectivity index (χ3n) is 12.1. The van der Waals surface area contributed by atoms with Gasteiger partial charge in [-0.2, -0.15) is 0 Å². The molecule has 0 spiro atoms. The second kappa shape index (κ2) is 13.1. The van der Waals surface area contributed by atoms with Crippen LogP contribution in [0.2, 0.25) is 0 Å². The number of rotatable bonds is 5. The van der Waals surface area contributed by atoms with Crippen molar-refractivity contribution < 1.29 is 0 Å². The molecule has 272 valence electrons. The summed E-state index contributed by atoms with van der Waals surface area (Å²) in [5, 5.41) is 13.7. The topological polar surface area (TPSA) is 49.3 Å². The second-order valence-corrected chi connectivity index (χ2v) is 15.8. The zero-order valence-electron chi connectivity index (χ0n) is 31.9. The molecule has 0 amide bonds. The molecule has 0 saturated carbocycles. The lowest BCUT2D eigenvalue weighted by Crippen LogP contribution is -2.45. The number of nitrogens with zero attached hydrogens (tertiary/aromatic N) is 2. The van der Waals surface area contributed by atoms with Crippen LogP contribution in [0.4, 0.5) is 0 Å². The van der Waals surface area contributed by atoms with Crippen molar-refractivity contribution in [3.63, 3.8) is 0 Å². The third kappa shape index (κ3) is 5.48. The van der Waals surface area contributed by atoms with Gasteiger partial charge in [0.25, 0.3) is 0 Å². The number of para-hydroxylation sites is 1. The average Bonchev–Trinajstić information content (AvgIpc) is 3.52. The van der Waals surface area contributed by atoms with Crippen LogP contribution < -0.4 is 10.6 Å². The van der Waals surface area contributed by atoms with Crippen molar-refractivity contribution in [2.45, 2.75) is 31.6 Å². The van der Waals surface area contributed by atoms with Crippen LogP contribution in [-0.2, 0) is 5.41 Å². The van der Waals surface area contributed by atoms with Gasteiger partial charge in [-0.1, -0.05) is 172 Å². The Morgan fingerprint density at radius 3 is 1.96 bits per heavy atom.